The Kier molecular flexibility index (Phi) is 2.72. The van der Waals surface area contributed by atoms with Gasteiger partial charge in [0.05, 0.1) is 6.20 Å². The van der Waals surface area contributed by atoms with Crippen LogP contribution in [0.1, 0.15) is 12.8 Å². The van der Waals surface area contributed by atoms with Crippen molar-refractivity contribution in [2.24, 2.45) is 0 Å². The summed E-state index contributed by atoms with van der Waals surface area (Å²) in [5.74, 6) is -0.707. The third-order valence-electron chi connectivity index (χ3n) is 2.81. The number of hydrogen-bond donors (Lipinski definition) is 1. The SMILES string of the molecule is O=C(O)C1(F)CCN(c2cnccn2)CC1. The Morgan fingerprint density at radius 3 is 2.62 bits per heavy atom. The van der Waals surface area contributed by atoms with Crippen LogP contribution in [-0.2, 0) is 4.79 Å². The first-order chi connectivity index (χ1) is 7.62. The van der Waals surface area contributed by atoms with Gasteiger partial charge in [-0.1, -0.05) is 0 Å². The molecule has 0 amide bonds. The van der Waals surface area contributed by atoms with Crippen LogP contribution in [0.2, 0.25) is 0 Å². The molecule has 0 spiro atoms. The molecule has 1 aliphatic heterocycles. The van der Waals surface area contributed by atoms with Crippen molar-refractivity contribution in [3.8, 4) is 0 Å². The fraction of sp³-hybridized carbons (Fsp3) is 0.500. The second kappa shape index (κ2) is 4.03. The Morgan fingerprint density at radius 2 is 2.12 bits per heavy atom. The number of aliphatic carboxylic acids is 1. The van der Waals surface area contributed by atoms with Crippen LogP contribution in [0.15, 0.2) is 18.6 Å². The second-order valence-electron chi connectivity index (χ2n) is 3.82. The zero-order valence-corrected chi connectivity index (χ0v) is 8.64. The average Bonchev–Trinajstić information content (AvgIpc) is 2.31. The molecule has 0 bridgehead atoms. The zero-order chi connectivity index (χ0) is 11.6. The molecule has 1 fully saturated rings. The highest BCUT2D eigenvalue weighted by Crippen LogP contribution is 2.28. The van der Waals surface area contributed by atoms with E-state index in [0.717, 1.165) is 0 Å². The van der Waals surface area contributed by atoms with E-state index in [4.69, 9.17) is 5.11 Å². The highest BCUT2D eigenvalue weighted by molar-refractivity contribution is 5.77. The van der Waals surface area contributed by atoms with Crippen molar-refractivity contribution < 1.29 is 14.3 Å². The predicted octanol–water partition coefficient (Wildman–Crippen LogP) is 0.870. The van der Waals surface area contributed by atoms with E-state index in [1.807, 2.05) is 4.90 Å². The molecule has 0 unspecified atom stereocenters. The number of nitrogens with zero attached hydrogens (tertiary/aromatic N) is 3. The average molecular weight is 225 g/mol. The molecule has 0 saturated carbocycles. The molecular formula is C10H12FN3O2. The van der Waals surface area contributed by atoms with Crippen molar-refractivity contribution in [1.82, 2.24) is 9.97 Å². The first-order valence-corrected chi connectivity index (χ1v) is 5.05. The lowest BCUT2D eigenvalue weighted by Crippen LogP contribution is -2.46. The lowest BCUT2D eigenvalue weighted by molar-refractivity contribution is -0.152. The molecule has 16 heavy (non-hydrogen) atoms. The van der Waals surface area contributed by atoms with Gasteiger partial charge in [-0.05, 0) is 0 Å². The molecule has 0 atom stereocenters. The van der Waals surface area contributed by atoms with Gasteiger partial charge in [-0.25, -0.2) is 14.2 Å². The summed E-state index contributed by atoms with van der Waals surface area (Å²) in [5.41, 5.74) is -2.08. The molecule has 1 aliphatic rings. The number of anilines is 1. The maximum atomic E-state index is 13.7. The molecule has 5 nitrogen and oxygen atoms in total. The van der Waals surface area contributed by atoms with Crippen molar-refractivity contribution in [1.29, 1.82) is 0 Å². The summed E-state index contributed by atoms with van der Waals surface area (Å²) < 4.78 is 13.7. The van der Waals surface area contributed by atoms with Crippen LogP contribution < -0.4 is 4.90 Å². The summed E-state index contributed by atoms with van der Waals surface area (Å²) in [6.45, 7) is 0.697. The van der Waals surface area contributed by atoms with E-state index in [-0.39, 0.29) is 12.8 Å². The first kappa shape index (κ1) is 10.8. The van der Waals surface area contributed by atoms with Crippen LogP contribution in [-0.4, -0.2) is 39.8 Å². The summed E-state index contributed by atoms with van der Waals surface area (Å²) >= 11 is 0. The molecule has 2 rings (SSSR count). The number of carboxylic acid groups (broad SMARTS) is 1. The van der Waals surface area contributed by atoms with Crippen molar-refractivity contribution in [3.05, 3.63) is 18.6 Å². The van der Waals surface area contributed by atoms with Gasteiger partial charge in [0, 0.05) is 38.3 Å². The van der Waals surface area contributed by atoms with Crippen molar-refractivity contribution in [3.63, 3.8) is 0 Å². The minimum atomic E-state index is -2.08. The zero-order valence-electron chi connectivity index (χ0n) is 8.64. The predicted molar refractivity (Wildman–Crippen MR) is 55.0 cm³/mol. The monoisotopic (exact) mass is 225 g/mol. The Balaban J connectivity index is 2.03. The highest BCUT2D eigenvalue weighted by atomic mass is 19.1. The lowest BCUT2D eigenvalue weighted by atomic mass is 9.93. The third-order valence-corrected chi connectivity index (χ3v) is 2.81. The Morgan fingerprint density at radius 1 is 1.44 bits per heavy atom. The van der Waals surface area contributed by atoms with Crippen molar-refractivity contribution in [2.45, 2.75) is 18.5 Å². The topological polar surface area (TPSA) is 66.3 Å². The molecule has 0 aliphatic carbocycles. The van der Waals surface area contributed by atoms with Gasteiger partial charge in [0.15, 0.2) is 0 Å². The first-order valence-electron chi connectivity index (χ1n) is 5.05. The number of alkyl halides is 1. The Labute approximate surface area is 91.9 Å². The molecule has 1 aromatic rings. The highest BCUT2D eigenvalue weighted by Gasteiger charge is 2.42. The number of rotatable bonds is 2. The van der Waals surface area contributed by atoms with Gasteiger partial charge < -0.3 is 10.0 Å². The largest absolute Gasteiger partial charge is 0.479 e. The number of carbonyl (C=O) groups is 1. The summed E-state index contributed by atoms with van der Waals surface area (Å²) in [6.07, 6.45) is 4.68. The molecule has 0 radical (unpaired) electrons. The minimum Gasteiger partial charge on any atom is -0.479 e. The van der Waals surface area contributed by atoms with Gasteiger partial charge in [0.25, 0.3) is 0 Å². The molecule has 86 valence electrons. The quantitative estimate of drug-likeness (QED) is 0.809. The van der Waals surface area contributed by atoms with E-state index in [9.17, 15) is 9.18 Å². The van der Waals surface area contributed by atoms with Crippen LogP contribution in [0.3, 0.4) is 0 Å². The maximum absolute atomic E-state index is 13.7. The van der Waals surface area contributed by atoms with E-state index in [1.165, 1.54) is 0 Å². The fourth-order valence-corrected chi connectivity index (χ4v) is 1.76. The number of halogens is 1. The molecular weight excluding hydrogens is 213 g/mol. The number of piperidine rings is 1. The molecule has 1 saturated heterocycles. The normalized spacial score (nSPS) is 19.4. The van der Waals surface area contributed by atoms with Gasteiger partial charge in [-0.2, -0.15) is 0 Å². The second-order valence-corrected chi connectivity index (χ2v) is 3.82. The van der Waals surface area contributed by atoms with Gasteiger partial charge in [0.2, 0.25) is 5.67 Å². The molecule has 1 N–H and O–H groups in total. The van der Waals surface area contributed by atoms with Crippen LogP contribution in [0.4, 0.5) is 10.2 Å². The van der Waals surface area contributed by atoms with E-state index in [1.54, 1.807) is 18.6 Å². The maximum Gasteiger partial charge on any atom is 0.341 e. The van der Waals surface area contributed by atoms with E-state index in [0.29, 0.717) is 18.9 Å². The fourth-order valence-electron chi connectivity index (χ4n) is 1.76. The van der Waals surface area contributed by atoms with Gasteiger partial charge in [0.1, 0.15) is 5.82 Å². The smallest absolute Gasteiger partial charge is 0.341 e. The molecule has 0 aromatic carbocycles. The third kappa shape index (κ3) is 1.95. The number of aromatic nitrogens is 2. The van der Waals surface area contributed by atoms with Gasteiger partial charge in [-0.15, -0.1) is 0 Å². The minimum absolute atomic E-state index is 0.0150. The molecule has 6 heteroatoms. The summed E-state index contributed by atoms with van der Waals surface area (Å²) in [4.78, 5) is 20.5. The van der Waals surface area contributed by atoms with Crippen LogP contribution in [0, 0.1) is 0 Å². The molecule has 1 aromatic heterocycles. The van der Waals surface area contributed by atoms with Crippen LogP contribution in [0.5, 0.6) is 0 Å². The van der Waals surface area contributed by atoms with E-state index in [2.05, 4.69) is 9.97 Å². The Hall–Kier alpha value is -1.72. The van der Waals surface area contributed by atoms with Crippen LogP contribution >= 0.6 is 0 Å². The van der Waals surface area contributed by atoms with Crippen molar-refractivity contribution in [2.75, 3.05) is 18.0 Å². The summed E-state index contributed by atoms with van der Waals surface area (Å²) in [7, 11) is 0. The van der Waals surface area contributed by atoms with Gasteiger partial charge in [-0.3, -0.25) is 4.98 Å². The number of carboxylic acids is 1. The van der Waals surface area contributed by atoms with Gasteiger partial charge >= 0.3 is 5.97 Å². The standard InChI is InChI=1S/C10H12FN3O2/c11-10(9(15)16)1-5-14(6-2-10)8-7-12-3-4-13-8/h3-4,7H,1-2,5-6H2,(H,15,16). The molecule has 2 heterocycles. The van der Waals surface area contributed by atoms with E-state index >= 15 is 0 Å². The summed E-state index contributed by atoms with van der Waals surface area (Å²) in [5, 5.41) is 8.73. The van der Waals surface area contributed by atoms with Crippen molar-refractivity contribution >= 4 is 11.8 Å². The van der Waals surface area contributed by atoms with Crippen LogP contribution in [0.25, 0.3) is 0 Å². The lowest BCUT2D eigenvalue weighted by Gasteiger charge is -2.34. The van der Waals surface area contributed by atoms with E-state index < -0.39 is 11.6 Å². The number of hydrogen-bond acceptors (Lipinski definition) is 4. The summed E-state index contributed by atoms with van der Waals surface area (Å²) in [6, 6.07) is 0. The Bertz CT molecular complexity index is 377.